The van der Waals surface area contributed by atoms with Crippen molar-refractivity contribution in [2.75, 3.05) is 13.1 Å². The van der Waals surface area contributed by atoms with Crippen LogP contribution in [0.2, 0.25) is 0 Å². The van der Waals surface area contributed by atoms with Crippen LogP contribution in [0.25, 0.3) is 0 Å². The molecule has 0 spiro atoms. The van der Waals surface area contributed by atoms with Crippen molar-refractivity contribution in [2.45, 2.75) is 44.3 Å². The highest BCUT2D eigenvalue weighted by Crippen LogP contribution is 2.48. The zero-order valence-electron chi connectivity index (χ0n) is 11.7. The minimum absolute atomic E-state index is 0.00415. The van der Waals surface area contributed by atoms with E-state index in [1.54, 1.807) is 0 Å². The van der Waals surface area contributed by atoms with Crippen molar-refractivity contribution in [1.82, 2.24) is 10.2 Å². The number of fused-ring (bicyclic) bond motifs is 2. The average Bonchev–Trinajstić information content (AvgIpc) is 3.04. The Labute approximate surface area is 121 Å². The topological polar surface area (TPSA) is 49.4 Å². The van der Waals surface area contributed by atoms with E-state index >= 15 is 0 Å². The van der Waals surface area contributed by atoms with Crippen molar-refractivity contribution in [1.29, 1.82) is 0 Å². The maximum absolute atomic E-state index is 12.3. The summed E-state index contributed by atoms with van der Waals surface area (Å²) in [6, 6.07) is -0.480. The molecule has 0 radical (unpaired) electrons. The molecule has 3 rings (SSSR count). The molecule has 4 nitrogen and oxygen atoms in total. The zero-order valence-corrected chi connectivity index (χ0v) is 11.7. The second-order valence-corrected chi connectivity index (χ2v) is 6.58. The van der Waals surface area contributed by atoms with Gasteiger partial charge in [0.05, 0.1) is 6.04 Å². The van der Waals surface area contributed by atoms with Crippen molar-refractivity contribution in [3.63, 3.8) is 0 Å². The van der Waals surface area contributed by atoms with E-state index in [1.807, 2.05) is 0 Å². The number of hydrogen-bond donors (Lipinski definition) is 1. The Morgan fingerprint density at radius 1 is 1.29 bits per heavy atom. The van der Waals surface area contributed by atoms with E-state index in [0.717, 1.165) is 24.2 Å². The summed E-state index contributed by atoms with van der Waals surface area (Å²) in [6.45, 7) is -1.27. The minimum Gasteiger partial charge on any atom is -0.351 e. The molecule has 4 atom stereocenters. The van der Waals surface area contributed by atoms with Crippen molar-refractivity contribution >= 4 is 11.8 Å². The molecule has 21 heavy (non-hydrogen) atoms. The van der Waals surface area contributed by atoms with Crippen LogP contribution in [0.15, 0.2) is 0 Å². The van der Waals surface area contributed by atoms with E-state index in [2.05, 4.69) is 5.32 Å². The number of nitrogens with one attached hydrogen (secondary N) is 1. The maximum Gasteiger partial charge on any atom is 0.406 e. The molecule has 0 aromatic rings. The summed E-state index contributed by atoms with van der Waals surface area (Å²) >= 11 is 0. The number of hydrogen-bond acceptors (Lipinski definition) is 2. The standard InChI is InChI=1S/C14H19F3N2O2/c15-14(16,17)7-19-6-10(5-12(19)20)18-13(21)11-4-8-1-2-9(11)3-8/h8-11H,1-7H2,(H,18,21)/t8-,9-,10-,11-/m0/s1. The molecule has 0 aromatic carbocycles. The molecule has 7 heteroatoms. The van der Waals surface area contributed by atoms with Gasteiger partial charge in [-0.2, -0.15) is 13.2 Å². The van der Waals surface area contributed by atoms with Crippen molar-refractivity contribution in [3.05, 3.63) is 0 Å². The summed E-state index contributed by atoms with van der Waals surface area (Å²) in [6.07, 6.45) is -0.157. The molecule has 0 unspecified atom stereocenters. The molecule has 118 valence electrons. The molecule has 1 N–H and O–H groups in total. The Hall–Kier alpha value is -1.27. The van der Waals surface area contributed by atoms with Gasteiger partial charge >= 0.3 is 6.18 Å². The van der Waals surface area contributed by atoms with E-state index in [-0.39, 0.29) is 24.8 Å². The molecule has 3 aliphatic rings. The fraction of sp³-hybridized carbons (Fsp3) is 0.857. The summed E-state index contributed by atoms with van der Waals surface area (Å²) < 4.78 is 37.0. The molecule has 1 aliphatic heterocycles. The zero-order chi connectivity index (χ0) is 15.2. The summed E-state index contributed by atoms with van der Waals surface area (Å²) in [5.74, 6) is 0.450. The average molecular weight is 304 g/mol. The fourth-order valence-corrected chi connectivity index (χ4v) is 4.11. The smallest absolute Gasteiger partial charge is 0.351 e. The van der Waals surface area contributed by atoms with Gasteiger partial charge in [-0.25, -0.2) is 0 Å². The van der Waals surface area contributed by atoms with Crippen molar-refractivity contribution in [3.8, 4) is 0 Å². The van der Waals surface area contributed by atoms with Crippen LogP contribution in [0.1, 0.15) is 32.1 Å². The molecule has 2 bridgehead atoms. The lowest BCUT2D eigenvalue weighted by Gasteiger charge is -2.23. The highest BCUT2D eigenvalue weighted by atomic mass is 19.4. The first-order valence-electron chi connectivity index (χ1n) is 7.47. The third kappa shape index (κ3) is 3.16. The van der Waals surface area contributed by atoms with Crippen LogP contribution < -0.4 is 5.32 Å². The van der Waals surface area contributed by atoms with Crippen LogP contribution in [0.4, 0.5) is 13.2 Å². The number of amides is 2. The van der Waals surface area contributed by atoms with Gasteiger partial charge in [0.1, 0.15) is 6.54 Å². The Morgan fingerprint density at radius 2 is 2.05 bits per heavy atom. The number of carbonyl (C=O) groups excluding carboxylic acids is 2. The number of alkyl halides is 3. The Morgan fingerprint density at radius 3 is 2.62 bits per heavy atom. The van der Waals surface area contributed by atoms with Gasteiger partial charge < -0.3 is 10.2 Å². The van der Waals surface area contributed by atoms with Crippen molar-refractivity contribution in [2.24, 2.45) is 17.8 Å². The highest BCUT2D eigenvalue weighted by Gasteiger charge is 2.44. The lowest BCUT2D eigenvalue weighted by atomic mass is 9.88. The molecule has 2 amide bonds. The second kappa shape index (κ2) is 5.18. The highest BCUT2D eigenvalue weighted by molar-refractivity contribution is 5.83. The van der Waals surface area contributed by atoms with Gasteiger partial charge in [0.25, 0.3) is 0 Å². The van der Waals surface area contributed by atoms with E-state index in [0.29, 0.717) is 11.8 Å². The summed E-state index contributed by atoms with van der Waals surface area (Å²) in [5.41, 5.74) is 0. The summed E-state index contributed by atoms with van der Waals surface area (Å²) in [5, 5.41) is 2.78. The summed E-state index contributed by atoms with van der Waals surface area (Å²) in [7, 11) is 0. The van der Waals surface area contributed by atoms with Gasteiger partial charge in [-0.1, -0.05) is 6.42 Å². The first-order valence-corrected chi connectivity index (χ1v) is 7.47. The number of halogens is 3. The molecule has 0 aromatic heterocycles. The van der Waals surface area contributed by atoms with Gasteiger partial charge in [0.2, 0.25) is 11.8 Å². The molecule has 1 heterocycles. The third-order valence-electron chi connectivity index (χ3n) is 5.01. The quantitative estimate of drug-likeness (QED) is 0.863. The first-order chi connectivity index (χ1) is 9.82. The number of rotatable bonds is 3. The number of carbonyl (C=O) groups is 2. The first kappa shape index (κ1) is 14.7. The predicted molar refractivity (Wildman–Crippen MR) is 68.1 cm³/mol. The van der Waals surface area contributed by atoms with Gasteiger partial charge in [0, 0.05) is 18.9 Å². The molecule has 3 fully saturated rings. The van der Waals surface area contributed by atoms with E-state index in [4.69, 9.17) is 0 Å². The molecule has 2 saturated carbocycles. The van der Waals surface area contributed by atoms with Crippen LogP contribution in [0.3, 0.4) is 0 Å². The lowest BCUT2D eigenvalue weighted by molar-refractivity contribution is -0.157. The van der Waals surface area contributed by atoms with Crippen LogP contribution >= 0.6 is 0 Å². The normalized spacial score (nSPS) is 35.6. The molecular weight excluding hydrogens is 285 g/mol. The van der Waals surface area contributed by atoms with Crippen molar-refractivity contribution < 1.29 is 22.8 Å². The summed E-state index contributed by atoms with van der Waals surface area (Å²) in [4.78, 5) is 24.6. The van der Waals surface area contributed by atoms with E-state index in [9.17, 15) is 22.8 Å². The van der Waals surface area contributed by atoms with Crippen LogP contribution in [-0.2, 0) is 9.59 Å². The maximum atomic E-state index is 12.3. The van der Waals surface area contributed by atoms with Gasteiger partial charge in [-0.3, -0.25) is 9.59 Å². The number of nitrogens with zero attached hydrogens (tertiary/aromatic N) is 1. The minimum atomic E-state index is -4.39. The van der Waals surface area contributed by atoms with Crippen LogP contribution in [-0.4, -0.2) is 42.0 Å². The molecule has 1 saturated heterocycles. The fourth-order valence-electron chi connectivity index (χ4n) is 4.11. The largest absolute Gasteiger partial charge is 0.406 e. The van der Waals surface area contributed by atoms with E-state index in [1.165, 1.54) is 6.42 Å². The third-order valence-corrected chi connectivity index (χ3v) is 5.01. The lowest BCUT2D eigenvalue weighted by Crippen LogP contribution is -2.43. The Balaban J connectivity index is 1.52. The Kier molecular flexibility index (Phi) is 3.61. The SMILES string of the molecule is O=C(N[C@H]1CC(=O)N(CC(F)(F)F)C1)[C@H]1C[C@H]2CC[C@H]1C2. The predicted octanol–water partition coefficient (Wildman–Crippen LogP) is 1.70. The Bertz CT molecular complexity index is 452. The number of likely N-dealkylation sites (tertiary alicyclic amines) is 1. The van der Waals surface area contributed by atoms with Crippen LogP contribution in [0.5, 0.6) is 0 Å². The van der Waals surface area contributed by atoms with Gasteiger partial charge in [-0.15, -0.1) is 0 Å². The van der Waals surface area contributed by atoms with E-state index < -0.39 is 24.7 Å². The monoisotopic (exact) mass is 304 g/mol. The molecule has 2 aliphatic carbocycles. The second-order valence-electron chi connectivity index (χ2n) is 6.58. The van der Waals surface area contributed by atoms with Gasteiger partial charge in [-0.05, 0) is 31.1 Å². The molecular formula is C14H19F3N2O2. The van der Waals surface area contributed by atoms with Gasteiger partial charge in [0.15, 0.2) is 0 Å². The van der Waals surface area contributed by atoms with Crippen LogP contribution in [0, 0.1) is 17.8 Å².